The molecule has 2 saturated carbocycles. The standard InChI is InChI=1S/C23H31N5O4/c1-13(2)12-27-20-14(5-10-17(29)26-23(3,4)15-6-7-15)11-24-28(20)22(32)18(21(27)31)19(30)25-16-8-9-16/h5,10-11,13,15-16H,6-9,12H2,1-4H3,(H3,25,26,29,30,31,32)/p+1/b10-5+. The summed E-state index contributed by atoms with van der Waals surface area (Å²) in [7, 11) is 0. The molecule has 0 bridgehead atoms. The van der Waals surface area contributed by atoms with Crippen LogP contribution in [0.25, 0.3) is 11.7 Å². The summed E-state index contributed by atoms with van der Waals surface area (Å²) in [5, 5.41) is 19.6. The van der Waals surface area contributed by atoms with E-state index < -0.39 is 11.5 Å². The molecule has 0 aliphatic heterocycles. The SMILES string of the molecule is CC(C)C[n+]1c(O)c(C(=O)NC2CC2)c(=O)n2[nH]cc(/C=C/C(=O)NC(C)(C)C3CC3)c21. The van der Waals surface area contributed by atoms with Crippen molar-refractivity contribution in [3.05, 3.63) is 33.8 Å². The molecule has 2 aliphatic rings. The van der Waals surface area contributed by atoms with Gasteiger partial charge in [-0.15, -0.1) is 0 Å². The zero-order valence-electron chi connectivity index (χ0n) is 19.1. The van der Waals surface area contributed by atoms with E-state index in [0.29, 0.717) is 23.7 Å². The van der Waals surface area contributed by atoms with Crippen LogP contribution in [-0.2, 0) is 11.3 Å². The van der Waals surface area contributed by atoms with Gasteiger partial charge in [0.05, 0.1) is 18.3 Å². The lowest BCUT2D eigenvalue weighted by atomic mass is 9.99. The van der Waals surface area contributed by atoms with Gasteiger partial charge in [-0.25, -0.2) is 9.89 Å². The van der Waals surface area contributed by atoms with Crippen molar-refractivity contribution in [2.75, 3.05) is 0 Å². The van der Waals surface area contributed by atoms with Gasteiger partial charge in [0.25, 0.3) is 5.91 Å². The number of hydrogen-bond acceptors (Lipinski definition) is 4. The van der Waals surface area contributed by atoms with E-state index in [-0.39, 0.29) is 34.8 Å². The Morgan fingerprint density at radius 3 is 2.59 bits per heavy atom. The smallest absolute Gasteiger partial charge is 0.378 e. The number of carbonyl (C=O) groups excluding carboxylic acids is 2. The van der Waals surface area contributed by atoms with Gasteiger partial charge in [0.2, 0.25) is 11.5 Å². The van der Waals surface area contributed by atoms with E-state index >= 15 is 0 Å². The molecule has 2 heterocycles. The third-order valence-electron chi connectivity index (χ3n) is 6.12. The average molecular weight is 443 g/mol. The van der Waals surface area contributed by atoms with Gasteiger partial charge < -0.3 is 15.7 Å². The van der Waals surface area contributed by atoms with Crippen molar-refractivity contribution < 1.29 is 19.3 Å². The number of nitrogens with one attached hydrogen (secondary N) is 3. The minimum atomic E-state index is -0.630. The van der Waals surface area contributed by atoms with Crippen LogP contribution in [0, 0.1) is 11.8 Å². The highest BCUT2D eigenvalue weighted by atomic mass is 16.3. The van der Waals surface area contributed by atoms with Crippen LogP contribution in [0.1, 0.15) is 69.3 Å². The number of H-pyrrole nitrogens is 1. The van der Waals surface area contributed by atoms with Gasteiger partial charge in [-0.05, 0) is 57.4 Å². The second-order valence-electron chi connectivity index (χ2n) is 9.96. The topological polar surface area (TPSA) is 120 Å². The zero-order chi connectivity index (χ0) is 23.2. The first kappa shape index (κ1) is 22.1. The van der Waals surface area contributed by atoms with Crippen LogP contribution in [0.2, 0.25) is 0 Å². The van der Waals surface area contributed by atoms with E-state index in [2.05, 4.69) is 15.7 Å². The first-order valence-corrected chi connectivity index (χ1v) is 11.3. The van der Waals surface area contributed by atoms with Crippen LogP contribution in [0.4, 0.5) is 0 Å². The number of carbonyl (C=O) groups is 2. The monoisotopic (exact) mass is 442 g/mol. The summed E-state index contributed by atoms with van der Waals surface area (Å²) in [6, 6.07) is 0.0566. The Balaban J connectivity index is 1.72. The third kappa shape index (κ3) is 4.42. The molecule has 9 nitrogen and oxygen atoms in total. The van der Waals surface area contributed by atoms with Crippen molar-refractivity contribution in [2.45, 2.75) is 71.5 Å². The van der Waals surface area contributed by atoms with Crippen molar-refractivity contribution in [3.8, 4) is 5.88 Å². The zero-order valence-corrected chi connectivity index (χ0v) is 19.1. The van der Waals surface area contributed by atoms with Crippen LogP contribution in [0.5, 0.6) is 5.88 Å². The highest BCUT2D eigenvalue weighted by molar-refractivity contribution is 5.96. The van der Waals surface area contributed by atoms with Gasteiger partial charge in [0.15, 0.2) is 0 Å². The van der Waals surface area contributed by atoms with Gasteiger partial charge in [-0.1, -0.05) is 18.4 Å². The van der Waals surface area contributed by atoms with Crippen LogP contribution in [0.15, 0.2) is 17.1 Å². The molecular formula is C23H32N5O4+. The summed E-state index contributed by atoms with van der Waals surface area (Å²) >= 11 is 0. The molecular weight excluding hydrogens is 410 g/mol. The van der Waals surface area contributed by atoms with Gasteiger partial charge in [-0.2, -0.15) is 4.57 Å². The lowest BCUT2D eigenvalue weighted by Gasteiger charge is -2.25. The van der Waals surface area contributed by atoms with Crippen LogP contribution in [-0.4, -0.2) is 38.1 Å². The van der Waals surface area contributed by atoms with Crippen molar-refractivity contribution in [3.63, 3.8) is 0 Å². The maximum Gasteiger partial charge on any atom is 0.378 e. The maximum absolute atomic E-state index is 13.0. The van der Waals surface area contributed by atoms with Crippen LogP contribution >= 0.6 is 0 Å². The lowest BCUT2D eigenvalue weighted by Crippen LogP contribution is -2.46. The second kappa shape index (κ2) is 8.11. The predicted molar refractivity (Wildman–Crippen MR) is 119 cm³/mol. The van der Waals surface area contributed by atoms with Gasteiger partial charge >= 0.3 is 17.1 Å². The predicted octanol–water partition coefficient (Wildman–Crippen LogP) is 1.49. The Morgan fingerprint density at radius 1 is 1.31 bits per heavy atom. The quantitative estimate of drug-likeness (QED) is 0.366. The Kier molecular flexibility index (Phi) is 5.60. The van der Waals surface area contributed by atoms with E-state index in [9.17, 15) is 19.5 Å². The van der Waals surface area contributed by atoms with Gasteiger partial charge in [-0.3, -0.25) is 9.59 Å². The molecule has 4 rings (SSSR count). The summed E-state index contributed by atoms with van der Waals surface area (Å²) in [4.78, 5) is 38.2. The number of aromatic nitrogens is 3. The van der Waals surface area contributed by atoms with Gasteiger partial charge in [0, 0.05) is 17.7 Å². The summed E-state index contributed by atoms with van der Waals surface area (Å²) in [6.07, 6.45) is 8.62. The minimum absolute atomic E-state index is 0.0566. The van der Waals surface area contributed by atoms with Crippen molar-refractivity contribution >= 4 is 23.5 Å². The molecule has 0 atom stereocenters. The van der Waals surface area contributed by atoms with E-state index in [1.807, 2.05) is 27.7 Å². The molecule has 0 radical (unpaired) electrons. The average Bonchev–Trinajstić information content (AvgIpc) is 3.61. The molecule has 0 aromatic carbocycles. The molecule has 0 spiro atoms. The molecule has 2 aliphatic carbocycles. The van der Waals surface area contributed by atoms with E-state index in [1.165, 1.54) is 10.6 Å². The fraction of sp³-hybridized carbons (Fsp3) is 0.565. The van der Waals surface area contributed by atoms with Crippen molar-refractivity contribution in [2.24, 2.45) is 11.8 Å². The summed E-state index contributed by atoms with van der Waals surface area (Å²) in [5.74, 6) is -0.521. The number of rotatable bonds is 8. The van der Waals surface area contributed by atoms with Crippen molar-refractivity contribution in [1.82, 2.24) is 20.2 Å². The normalized spacial score (nSPS) is 16.8. The molecule has 0 unspecified atom stereocenters. The molecule has 9 heteroatoms. The maximum atomic E-state index is 13.0. The third-order valence-corrected chi connectivity index (χ3v) is 6.12. The van der Waals surface area contributed by atoms with Crippen LogP contribution < -0.4 is 20.8 Å². The molecule has 4 N–H and O–H groups in total. The fourth-order valence-electron chi connectivity index (χ4n) is 4.04. The number of aromatic amines is 1. The fourth-order valence-corrected chi connectivity index (χ4v) is 4.04. The Morgan fingerprint density at radius 2 is 2.00 bits per heavy atom. The molecule has 2 aromatic heterocycles. The van der Waals surface area contributed by atoms with E-state index in [1.54, 1.807) is 16.8 Å². The second-order valence-corrected chi connectivity index (χ2v) is 9.96. The number of aromatic hydroxyl groups is 1. The Labute approximate surface area is 186 Å². The number of hydrogen-bond donors (Lipinski definition) is 4. The first-order valence-electron chi connectivity index (χ1n) is 11.3. The molecule has 32 heavy (non-hydrogen) atoms. The van der Waals surface area contributed by atoms with Crippen LogP contribution in [0.3, 0.4) is 0 Å². The van der Waals surface area contributed by atoms with Crippen molar-refractivity contribution in [1.29, 1.82) is 0 Å². The van der Waals surface area contributed by atoms with Gasteiger partial charge in [0.1, 0.15) is 0 Å². The first-order chi connectivity index (χ1) is 15.1. The molecule has 0 saturated heterocycles. The number of amides is 2. The van der Waals surface area contributed by atoms with E-state index in [4.69, 9.17) is 0 Å². The Bertz CT molecular complexity index is 1150. The number of nitrogens with zero attached hydrogens (tertiary/aromatic N) is 2. The summed E-state index contributed by atoms with van der Waals surface area (Å²) in [5.41, 5.74) is -0.217. The molecule has 2 fully saturated rings. The Hall–Kier alpha value is -3.10. The van der Waals surface area contributed by atoms with E-state index in [0.717, 1.165) is 25.7 Å². The highest BCUT2D eigenvalue weighted by Crippen LogP contribution is 2.39. The lowest BCUT2D eigenvalue weighted by molar-refractivity contribution is -0.686. The largest absolute Gasteiger partial charge is 0.477 e. The summed E-state index contributed by atoms with van der Waals surface area (Å²) < 4.78 is 2.80. The molecule has 2 amide bonds. The number of fused-ring (bicyclic) bond motifs is 1. The highest BCUT2D eigenvalue weighted by Gasteiger charge is 2.38. The minimum Gasteiger partial charge on any atom is -0.477 e. The molecule has 172 valence electrons. The molecule has 2 aromatic rings. The summed E-state index contributed by atoms with van der Waals surface area (Å²) in [6.45, 7) is 8.38.